The van der Waals surface area contributed by atoms with Crippen molar-refractivity contribution in [3.63, 3.8) is 0 Å². The van der Waals surface area contributed by atoms with Gasteiger partial charge in [0.2, 0.25) is 0 Å². The monoisotopic (exact) mass is 289 g/mol. The van der Waals surface area contributed by atoms with Crippen molar-refractivity contribution in [2.45, 2.75) is 20.0 Å². The van der Waals surface area contributed by atoms with Gasteiger partial charge in [0.25, 0.3) is 0 Å². The second-order valence-electron chi connectivity index (χ2n) is 4.87. The van der Waals surface area contributed by atoms with Crippen molar-refractivity contribution < 1.29 is 13.9 Å². The topological polar surface area (TPSA) is 44.5 Å². The number of methoxy groups -OCH3 is 1. The molecular formula is C17H20FNO2. The van der Waals surface area contributed by atoms with E-state index in [0.717, 1.165) is 34.6 Å². The maximum absolute atomic E-state index is 13.1. The minimum Gasteiger partial charge on any atom is -0.497 e. The molecule has 0 spiro atoms. The van der Waals surface area contributed by atoms with E-state index < -0.39 is 0 Å². The van der Waals surface area contributed by atoms with Gasteiger partial charge in [-0.25, -0.2) is 4.39 Å². The van der Waals surface area contributed by atoms with E-state index in [-0.39, 0.29) is 5.82 Å². The maximum atomic E-state index is 13.1. The van der Waals surface area contributed by atoms with Crippen LogP contribution in [-0.2, 0) is 13.0 Å². The fourth-order valence-electron chi connectivity index (χ4n) is 2.15. The fraction of sp³-hybridized carbons (Fsp3) is 0.294. The Labute approximate surface area is 124 Å². The highest BCUT2D eigenvalue weighted by Crippen LogP contribution is 2.25. The number of halogens is 1. The van der Waals surface area contributed by atoms with Crippen LogP contribution in [0.3, 0.4) is 0 Å². The number of nitrogens with two attached hydrogens (primary N) is 1. The van der Waals surface area contributed by atoms with Crippen LogP contribution in [0.5, 0.6) is 11.5 Å². The lowest BCUT2D eigenvalue weighted by atomic mass is 10.1. The quantitative estimate of drug-likeness (QED) is 0.888. The van der Waals surface area contributed by atoms with E-state index in [9.17, 15) is 4.39 Å². The molecule has 0 aliphatic heterocycles. The Balaban J connectivity index is 2.15. The van der Waals surface area contributed by atoms with Crippen LogP contribution in [0, 0.1) is 12.7 Å². The molecule has 0 heterocycles. The summed E-state index contributed by atoms with van der Waals surface area (Å²) in [6.07, 6.45) is 0.717. The second kappa shape index (κ2) is 7.09. The average molecular weight is 289 g/mol. The molecule has 2 aromatic rings. The molecule has 3 nitrogen and oxygen atoms in total. The first-order valence-electron chi connectivity index (χ1n) is 6.89. The molecule has 0 fully saturated rings. The molecule has 21 heavy (non-hydrogen) atoms. The van der Waals surface area contributed by atoms with E-state index >= 15 is 0 Å². The number of benzene rings is 2. The van der Waals surface area contributed by atoms with Gasteiger partial charge in [-0.3, -0.25) is 0 Å². The number of hydrogen-bond acceptors (Lipinski definition) is 3. The van der Waals surface area contributed by atoms with Gasteiger partial charge in [0.15, 0.2) is 0 Å². The Morgan fingerprint density at radius 1 is 1.10 bits per heavy atom. The zero-order valence-corrected chi connectivity index (χ0v) is 12.4. The van der Waals surface area contributed by atoms with Crippen molar-refractivity contribution in [1.82, 2.24) is 0 Å². The summed E-state index contributed by atoms with van der Waals surface area (Å²) in [6.45, 7) is 2.81. The van der Waals surface area contributed by atoms with Gasteiger partial charge >= 0.3 is 0 Å². The molecule has 0 saturated heterocycles. The van der Waals surface area contributed by atoms with Gasteiger partial charge < -0.3 is 15.2 Å². The van der Waals surface area contributed by atoms with E-state index in [2.05, 4.69) is 0 Å². The van der Waals surface area contributed by atoms with Crippen LogP contribution in [0.15, 0.2) is 36.4 Å². The third kappa shape index (κ3) is 3.95. The molecule has 0 radical (unpaired) electrons. The van der Waals surface area contributed by atoms with Crippen LogP contribution < -0.4 is 15.2 Å². The maximum Gasteiger partial charge on any atom is 0.123 e. The second-order valence-corrected chi connectivity index (χ2v) is 4.87. The Bertz CT molecular complexity index is 614. The van der Waals surface area contributed by atoms with Gasteiger partial charge in [0.05, 0.1) is 7.11 Å². The molecule has 0 bridgehead atoms. The van der Waals surface area contributed by atoms with E-state index in [0.29, 0.717) is 13.2 Å². The van der Waals surface area contributed by atoms with Gasteiger partial charge in [-0.2, -0.15) is 0 Å². The SMILES string of the molecule is COc1ccc(OCc2ccc(F)cc2C)c(CCN)c1. The summed E-state index contributed by atoms with van der Waals surface area (Å²) >= 11 is 0. The van der Waals surface area contributed by atoms with Crippen LogP contribution in [0.2, 0.25) is 0 Å². The molecule has 4 heteroatoms. The summed E-state index contributed by atoms with van der Waals surface area (Å²) < 4.78 is 24.2. The highest BCUT2D eigenvalue weighted by molar-refractivity contribution is 5.41. The lowest BCUT2D eigenvalue weighted by molar-refractivity contribution is 0.301. The van der Waals surface area contributed by atoms with Gasteiger partial charge in [-0.05, 0) is 66.9 Å². The van der Waals surface area contributed by atoms with E-state index in [1.165, 1.54) is 12.1 Å². The van der Waals surface area contributed by atoms with Crippen LogP contribution in [0.1, 0.15) is 16.7 Å². The molecule has 0 aromatic heterocycles. The smallest absolute Gasteiger partial charge is 0.123 e. The molecule has 2 aromatic carbocycles. The molecule has 0 aliphatic carbocycles. The predicted molar refractivity (Wildman–Crippen MR) is 81.2 cm³/mol. The number of rotatable bonds is 6. The summed E-state index contributed by atoms with van der Waals surface area (Å²) in [4.78, 5) is 0. The van der Waals surface area contributed by atoms with Crippen LogP contribution in [-0.4, -0.2) is 13.7 Å². The van der Waals surface area contributed by atoms with Crippen molar-refractivity contribution >= 4 is 0 Å². The molecule has 0 atom stereocenters. The summed E-state index contributed by atoms with van der Waals surface area (Å²) in [7, 11) is 1.63. The molecule has 0 aliphatic rings. The molecule has 2 N–H and O–H groups in total. The third-order valence-corrected chi connectivity index (χ3v) is 3.37. The molecule has 0 amide bonds. The number of aryl methyl sites for hydroxylation is 1. The summed E-state index contributed by atoms with van der Waals surface area (Å²) in [5, 5.41) is 0. The first-order chi connectivity index (χ1) is 10.1. The van der Waals surface area contributed by atoms with Gasteiger partial charge in [0, 0.05) is 0 Å². The van der Waals surface area contributed by atoms with Crippen molar-refractivity contribution in [2.24, 2.45) is 5.73 Å². The highest BCUT2D eigenvalue weighted by Gasteiger charge is 2.07. The van der Waals surface area contributed by atoms with Gasteiger partial charge in [-0.15, -0.1) is 0 Å². The highest BCUT2D eigenvalue weighted by atomic mass is 19.1. The van der Waals surface area contributed by atoms with Crippen LogP contribution >= 0.6 is 0 Å². The molecule has 0 saturated carbocycles. The van der Waals surface area contributed by atoms with E-state index in [4.69, 9.17) is 15.2 Å². The van der Waals surface area contributed by atoms with Crippen molar-refractivity contribution in [1.29, 1.82) is 0 Å². The number of hydrogen-bond donors (Lipinski definition) is 1. The average Bonchev–Trinajstić information content (AvgIpc) is 2.47. The lowest BCUT2D eigenvalue weighted by Gasteiger charge is -2.13. The normalized spacial score (nSPS) is 10.5. The third-order valence-electron chi connectivity index (χ3n) is 3.37. The standard InChI is InChI=1S/C17H20FNO2/c1-12-9-15(18)4-3-14(12)11-21-17-6-5-16(20-2)10-13(17)7-8-19/h3-6,9-10H,7-8,11,19H2,1-2H3. The molecule has 112 valence electrons. The fourth-order valence-corrected chi connectivity index (χ4v) is 2.15. The largest absolute Gasteiger partial charge is 0.497 e. The van der Waals surface area contributed by atoms with Crippen molar-refractivity contribution in [3.8, 4) is 11.5 Å². The van der Waals surface area contributed by atoms with Crippen molar-refractivity contribution in [2.75, 3.05) is 13.7 Å². The first-order valence-corrected chi connectivity index (χ1v) is 6.89. The van der Waals surface area contributed by atoms with Gasteiger partial charge in [0.1, 0.15) is 23.9 Å². The Hall–Kier alpha value is -2.07. The zero-order valence-electron chi connectivity index (χ0n) is 12.4. The summed E-state index contributed by atoms with van der Waals surface area (Å²) in [5.41, 5.74) is 8.48. The van der Waals surface area contributed by atoms with Gasteiger partial charge in [-0.1, -0.05) is 6.07 Å². The molecule has 2 rings (SSSR count). The van der Waals surface area contributed by atoms with E-state index in [1.54, 1.807) is 13.2 Å². The van der Waals surface area contributed by atoms with Crippen LogP contribution in [0.25, 0.3) is 0 Å². The molecular weight excluding hydrogens is 269 g/mol. The number of ether oxygens (including phenoxy) is 2. The Morgan fingerprint density at radius 2 is 1.90 bits per heavy atom. The zero-order chi connectivity index (χ0) is 15.2. The van der Waals surface area contributed by atoms with E-state index in [1.807, 2.05) is 25.1 Å². The summed E-state index contributed by atoms with van der Waals surface area (Å²) in [5.74, 6) is 1.33. The molecule has 0 unspecified atom stereocenters. The minimum atomic E-state index is -0.232. The summed E-state index contributed by atoms with van der Waals surface area (Å²) in [6, 6.07) is 10.4. The van der Waals surface area contributed by atoms with Crippen molar-refractivity contribution in [3.05, 3.63) is 58.9 Å². The minimum absolute atomic E-state index is 0.232. The predicted octanol–water partition coefficient (Wildman–Crippen LogP) is 3.22. The Morgan fingerprint density at radius 3 is 2.57 bits per heavy atom. The first kappa shape index (κ1) is 15.3. The lowest BCUT2D eigenvalue weighted by Crippen LogP contribution is -2.06. The Kier molecular flexibility index (Phi) is 5.17. The van der Waals surface area contributed by atoms with Crippen LogP contribution in [0.4, 0.5) is 4.39 Å².